The van der Waals surface area contributed by atoms with E-state index in [1.807, 2.05) is 12.1 Å². The van der Waals surface area contributed by atoms with Gasteiger partial charge in [-0.05, 0) is 54.1 Å². The number of nitrogens with zero attached hydrogens (tertiary/aromatic N) is 1. The Hall–Kier alpha value is -3.74. The van der Waals surface area contributed by atoms with Crippen LogP contribution in [0.25, 0.3) is 11.0 Å². The van der Waals surface area contributed by atoms with Crippen LogP contribution >= 0.6 is 23.2 Å². The summed E-state index contributed by atoms with van der Waals surface area (Å²) in [5, 5.41) is 1.03. The fourth-order valence-corrected chi connectivity index (χ4v) is 4.66. The first-order chi connectivity index (χ1) is 16.9. The highest BCUT2D eigenvalue weighted by Crippen LogP contribution is 2.43. The number of halogens is 2. The van der Waals surface area contributed by atoms with Crippen LogP contribution in [-0.2, 0) is 0 Å². The standard InChI is InChI=1S/C27H19Cl2NO5/c1-3-12-34-18-8-4-15(5-9-18)24-23-25(31)19-13-16(28)6-10-21(19)35-26(23)27(32)30(24)17-7-11-22(33-2)20(29)14-17/h3-11,13-14,24H,1,12H2,2H3. The number of fused-ring (bicyclic) bond motifs is 2. The van der Waals surface area contributed by atoms with Crippen molar-refractivity contribution in [2.24, 2.45) is 0 Å². The van der Waals surface area contributed by atoms with Gasteiger partial charge in [0.1, 0.15) is 23.7 Å². The first kappa shape index (κ1) is 23.0. The lowest BCUT2D eigenvalue weighted by Gasteiger charge is -2.26. The van der Waals surface area contributed by atoms with Crippen LogP contribution in [0.2, 0.25) is 10.0 Å². The summed E-state index contributed by atoms with van der Waals surface area (Å²) in [6.07, 6.45) is 1.65. The summed E-state index contributed by atoms with van der Waals surface area (Å²) in [7, 11) is 1.51. The van der Waals surface area contributed by atoms with E-state index < -0.39 is 11.9 Å². The van der Waals surface area contributed by atoms with E-state index in [-0.39, 0.29) is 22.3 Å². The van der Waals surface area contributed by atoms with E-state index >= 15 is 0 Å². The van der Waals surface area contributed by atoms with Gasteiger partial charge in [-0.3, -0.25) is 14.5 Å². The summed E-state index contributed by atoms with van der Waals surface area (Å²) < 4.78 is 16.8. The number of carbonyl (C=O) groups is 1. The number of methoxy groups -OCH3 is 1. The van der Waals surface area contributed by atoms with Crippen LogP contribution in [0.3, 0.4) is 0 Å². The molecule has 0 fully saturated rings. The molecule has 1 unspecified atom stereocenters. The Morgan fingerprint density at radius 1 is 1.06 bits per heavy atom. The summed E-state index contributed by atoms with van der Waals surface area (Å²) in [5.41, 5.74) is 1.38. The van der Waals surface area contributed by atoms with E-state index in [1.54, 1.807) is 54.6 Å². The molecule has 5 rings (SSSR count). The summed E-state index contributed by atoms with van der Waals surface area (Å²) in [6.45, 7) is 4.01. The monoisotopic (exact) mass is 507 g/mol. The topological polar surface area (TPSA) is 69.0 Å². The van der Waals surface area contributed by atoms with Crippen LogP contribution in [0.5, 0.6) is 11.5 Å². The number of hydrogen-bond acceptors (Lipinski definition) is 5. The number of hydrogen-bond donors (Lipinski definition) is 0. The van der Waals surface area contributed by atoms with Gasteiger partial charge in [-0.1, -0.05) is 48.0 Å². The van der Waals surface area contributed by atoms with Crippen LogP contribution in [0.4, 0.5) is 5.69 Å². The van der Waals surface area contributed by atoms with Crippen molar-refractivity contribution < 1.29 is 18.7 Å². The van der Waals surface area contributed by atoms with Gasteiger partial charge in [0.05, 0.1) is 29.1 Å². The number of amides is 1. The molecule has 0 saturated carbocycles. The number of carbonyl (C=O) groups excluding carboxylic acids is 1. The molecule has 1 aliphatic heterocycles. The van der Waals surface area contributed by atoms with E-state index in [0.717, 1.165) is 0 Å². The molecule has 1 aromatic heterocycles. The molecule has 0 spiro atoms. The molecule has 1 amide bonds. The van der Waals surface area contributed by atoms with Crippen LogP contribution in [0.1, 0.15) is 27.7 Å². The molecular formula is C27H19Cl2NO5. The Kier molecular flexibility index (Phi) is 6.01. The van der Waals surface area contributed by atoms with Crippen molar-refractivity contribution in [2.75, 3.05) is 18.6 Å². The van der Waals surface area contributed by atoms with Crippen molar-refractivity contribution in [3.8, 4) is 11.5 Å². The maximum atomic E-state index is 13.7. The first-order valence-electron chi connectivity index (χ1n) is 10.7. The second kappa shape index (κ2) is 9.13. The maximum Gasteiger partial charge on any atom is 0.295 e. The molecule has 35 heavy (non-hydrogen) atoms. The molecular weight excluding hydrogens is 489 g/mol. The number of benzene rings is 3. The summed E-state index contributed by atoms with van der Waals surface area (Å²) in [6, 6.07) is 16.2. The maximum absolute atomic E-state index is 13.7. The molecule has 0 aliphatic carbocycles. The van der Waals surface area contributed by atoms with Crippen molar-refractivity contribution in [2.45, 2.75) is 6.04 Å². The normalized spacial score (nSPS) is 14.8. The number of rotatable bonds is 6. The van der Waals surface area contributed by atoms with Crippen LogP contribution < -0.4 is 19.8 Å². The summed E-state index contributed by atoms with van der Waals surface area (Å²) in [5.74, 6) is 0.630. The Bertz CT molecular complexity index is 1530. The molecule has 0 saturated heterocycles. The zero-order chi connectivity index (χ0) is 24.7. The SMILES string of the molecule is C=CCOc1ccc(C2c3c(oc4ccc(Cl)cc4c3=O)C(=O)N2c2ccc(OC)c(Cl)c2)cc1. The number of anilines is 1. The minimum atomic E-state index is -0.755. The van der Waals surface area contributed by atoms with Crippen molar-refractivity contribution in [1.82, 2.24) is 0 Å². The Balaban J connectivity index is 1.72. The van der Waals surface area contributed by atoms with Crippen molar-refractivity contribution in [3.05, 3.63) is 110 Å². The lowest BCUT2D eigenvalue weighted by Crippen LogP contribution is -2.29. The van der Waals surface area contributed by atoms with Gasteiger partial charge in [-0.2, -0.15) is 0 Å². The summed E-state index contributed by atoms with van der Waals surface area (Å²) >= 11 is 12.5. The van der Waals surface area contributed by atoms with Crippen LogP contribution in [-0.4, -0.2) is 19.6 Å². The second-order valence-electron chi connectivity index (χ2n) is 7.88. The average molecular weight is 508 g/mol. The van der Waals surface area contributed by atoms with Gasteiger partial charge in [-0.15, -0.1) is 0 Å². The molecule has 6 nitrogen and oxygen atoms in total. The Morgan fingerprint density at radius 3 is 2.51 bits per heavy atom. The molecule has 2 heterocycles. The predicted octanol–water partition coefficient (Wildman–Crippen LogP) is 6.42. The van der Waals surface area contributed by atoms with E-state index in [1.165, 1.54) is 12.0 Å². The quantitative estimate of drug-likeness (QED) is 0.281. The van der Waals surface area contributed by atoms with Gasteiger partial charge < -0.3 is 13.9 Å². The second-order valence-corrected chi connectivity index (χ2v) is 8.72. The van der Waals surface area contributed by atoms with Gasteiger partial charge in [-0.25, -0.2) is 0 Å². The highest BCUT2D eigenvalue weighted by atomic mass is 35.5. The molecule has 176 valence electrons. The molecule has 0 bridgehead atoms. The van der Waals surface area contributed by atoms with Gasteiger partial charge in [0.25, 0.3) is 5.91 Å². The smallest absolute Gasteiger partial charge is 0.295 e. The first-order valence-corrected chi connectivity index (χ1v) is 11.5. The molecule has 8 heteroatoms. The molecule has 0 radical (unpaired) electrons. The van der Waals surface area contributed by atoms with Crippen LogP contribution in [0.15, 0.2) is 82.5 Å². The molecule has 1 atom stereocenters. The third-order valence-electron chi connectivity index (χ3n) is 5.81. The van der Waals surface area contributed by atoms with E-state index in [0.29, 0.717) is 44.8 Å². The predicted molar refractivity (Wildman–Crippen MR) is 136 cm³/mol. The van der Waals surface area contributed by atoms with E-state index in [2.05, 4.69) is 6.58 Å². The third-order valence-corrected chi connectivity index (χ3v) is 6.34. The zero-order valence-corrected chi connectivity index (χ0v) is 20.1. The van der Waals surface area contributed by atoms with Crippen molar-refractivity contribution in [1.29, 1.82) is 0 Å². The van der Waals surface area contributed by atoms with Gasteiger partial charge in [0.2, 0.25) is 5.76 Å². The highest BCUT2D eigenvalue weighted by Gasteiger charge is 2.43. The minimum absolute atomic E-state index is 0.0197. The minimum Gasteiger partial charge on any atom is -0.495 e. The highest BCUT2D eigenvalue weighted by molar-refractivity contribution is 6.32. The Morgan fingerprint density at radius 2 is 1.83 bits per heavy atom. The Labute approximate surface area is 210 Å². The third kappa shape index (κ3) is 3.95. The molecule has 4 aromatic rings. The fourth-order valence-electron chi connectivity index (χ4n) is 4.23. The lowest BCUT2D eigenvalue weighted by molar-refractivity contribution is 0.0971. The average Bonchev–Trinajstić information content (AvgIpc) is 3.16. The molecule has 1 aliphatic rings. The van der Waals surface area contributed by atoms with E-state index in [9.17, 15) is 9.59 Å². The zero-order valence-electron chi connectivity index (χ0n) is 18.6. The van der Waals surface area contributed by atoms with E-state index in [4.69, 9.17) is 37.1 Å². The fraction of sp³-hybridized carbons (Fsp3) is 0.111. The van der Waals surface area contributed by atoms with Gasteiger partial charge in [0, 0.05) is 10.7 Å². The molecule has 0 N–H and O–H groups in total. The van der Waals surface area contributed by atoms with Crippen molar-refractivity contribution >= 4 is 45.8 Å². The van der Waals surface area contributed by atoms with Gasteiger partial charge in [0.15, 0.2) is 5.43 Å². The lowest BCUT2D eigenvalue weighted by atomic mass is 9.98. The van der Waals surface area contributed by atoms with Gasteiger partial charge >= 0.3 is 0 Å². The number of ether oxygens (including phenoxy) is 2. The van der Waals surface area contributed by atoms with Crippen LogP contribution in [0, 0.1) is 0 Å². The summed E-state index contributed by atoms with van der Waals surface area (Å²) in [4.78, 5) is 28.9. The molecule has 3 aromatic carbocycles. The van der Waals surface area contributed by atoms with Crippen molar-refractivity contribution in [3.63, 3.8) is 0 Å². The largest absolute Gasteiger partial charge is 0.495 e.